The highest BCUT2D eigenvalue weighted by atomic mass is 35.5. The molecule has 5 nitrogen and oxygen atoms in total. The van der Waals surface area contributed by atoms with E-state index in [-0.39, 0.29) is 12.0 Å². The summed E-state index contributed by atoms with van der Waals surface area (Å²) >= 11 is 12.1. The smallest absolute Gasteiger partial charge is 0.323 e. The molecule has 0 N–H and O–H groups in total. The van der Waals surface area contributed by atoms with E-state index in [4.69, 9.17) is 37.4 Å². The van der Waals surface area contributed by atoms with Crippen LogP contribution in [0.5, 0.6) is 11.5 Å². The Morgan fingerprint density at radius 2 is 1.79 bits per heavy atom. The number of hydrogen-bond donors (Lipinski definition) is 0. The predicted octanol–water partition coefficient (Wildman–Crippen LogP) is 7.24. The van der Waals surface area contributed by atoms with Crippen molar-refractivity contribution in [2.24, 2.45) is 5.92 Å². The normalized spacial score (nSPS) is 19.0. The number of benzene rings is 3. The molecule has 5 rings (SSSR count). The van der Waals surface area contributed by atoms with E-state index < -0.39 is 0 Å². The van der Waals surface area contributed by atoms with Crippen LogP contribution < -0.4 is 9.47 Å². The predicted molar refractivity (Wildman–Crippen MR) is 155 cm³/mol. The van der Waals surface area contributed by atoms with Crippen molar-refractivity contribution < 1.29 is 19.0 Å². The fourth-order valence-electron chi connectivity index (χ4n) is 5.64. The summed E-state index contributed by atoms with van der Waals surface area (Å²) in [5.74, 6) is 2.41. The van der Waals surface area contributed by atoms with Gasteiger partial charge in [-0.25, -0.2) is 0 Å². The lowest BCUT2D eigenvalue weighted by atomic mass is 9.86. The summed E-state index contributed by atoms with van der Waals surface area (Å²) in [4.78, 5) is 14.8. The molecule has 2 aliphatic rings. The molecule has 0 unspecified atom stereocenters. The molecular weight excluding hydrogens is 533 g/mol. The Bertz CT molecular complexity index is 1320. The molecular formula is C32H35Cl2NO4. The minimum absolute atomic E-state index is 0.165. The minimum Gasteiger partial charge on any atom is -0.493 e. The van der Waals surface area contributed by atoms with Crippen molar-refractivity contribution >= 4 is 29.2 Å². The second-order valence-corrected chi connectivity index (χ2v) is 11.8. The van der Waals surface area contributed by atoms with Gasteiger partial charge in [0, 0.05) is 13.1 Å². The van der Waals surface area contributed by atoms with E-state index in [9.17, 15) is 4.79 Å². The van der Waals surface area contributed by atoms with Crippen molar-refractivity contribution in [1.82, 2.24) is 4.90 Å². The Kier molecular flexibility index (Phi) is 8.70. The van der Waals surface area contributed by atoms with Crippen molar-refractivity contribution in [3.8, 4) is 11.5 Å². The third-order valence-electron chi connectivity index (χ3n) is 7.61. The van der Waals surface area contributed by atoms with E-state index in [0.717, 1.165) is 43.0 Å². The van der Waals surface area contributed by atoms with Crippen LogP contribution in [0.3, 0.4) is 0 Å². The van der Waals surface area contributed by atoms with Gasteiger partial charge >= 0.3 is 5.97 Å². The largest absolute Gasteiger partial charge is 0.493 e. The average Bonchev–Trinajstić information content (AvgIpc) is 3.13. The first-order chi connectivity index (χ1) is 18.8. The van der Waals surface area contributed by atoms with Crippen molar-refractivity contribution in [2.75, 3.05) is 20.3 Å². The number of ether oxygens (including phenoxy) is 3. The number of methoxy groups -OCH3 is 1. The first kappa shape index (κ1) is 27.8. The summed E-state index contributed by atoms with van der Waals surface area (Å²) < 4.78 is 17.4. The zero-order chi connectivity index (χ0) is 27.5. The van der Waals surface area contributed by atoms with Gasteiger partial charge in [-0.05, 0) is 89.2 Å². The van der Waals surface area contributed by atoms with Crippen molar-refractivity contribution in [1.29, 1.82) is 0 Å². The standard InChI is InChI=1S/C32H35Cl2NO4/c1-20(2)17-35-18-26-14-25-13-23(10-11-38-31(25)16-24(26)15-30(35)32(36)37-3)22-5-7-27(8-6-22)39-19-21-4-9-28(33)29(34)12-21/h4-9,12,14,16,20,23,30H,10-11,13,15,17-19H2,1-3H3/t23-,30+/m1/s1. The van der Waals surface area contributed by atoms with Gasteiger partial charge in [0.2, 0.25) is 0 Å². The highest BCUT2D eigenvalue weighted by molar-refractivity contribution is 6.42. The maximum absolute atomic E-state index is 12.6. The molecule has 0 aromatic heterocycles. The highest BCUT2D eigenvalue weighted by Crippen LogP contribution is 2.37. The monoisotopic (exact) mass is 567 g/mol. The molecule has 2 heterocycles. The third kappa shape index (κ3) is 6.54. The number of carbonyl (C=O) groups excluding carboxylic acids is 1. The molecule has 206 valence electrons. The maximum Gasteiger partial charge on any atom is 0.323 e. The van der Waals surface area contributed by atoms with Gasteiger partial charge in [-0.3, -0.25) is 9.69 Å². The zero-order valence-electron chi connectivity index (χ0n) is 22.7. The maximum atomic E-state index is 12.6. The molecule has 39 heavy (non-hydrogen) atoms. The van der Waals surface area contributed by atoms with Gasteiger partial charge in [0.15, 0.2) is 0 Å². The molecule has 0 aliphatic carbocycles. The molecule has 0 amide bonds. The van der Waals surface area contributed by atoms with Crippen molar-refractivity contribution in [2.45, 2.75) is 58.2 Å². The summed E-state index contributed by atoms with van der Waals surface area (Å²) in [7, 11) is 1.47. The molecule has 0 saturated carbocycles. The summed E-state index contributed by atoms with van der Waals surface area (Å²) in [5, 5.41) is 1.07. The van der Waals surface area contributed by atoms with Crippen LogP contribution in [0.25, 0.3) is 0 Å². The zero-order valence-corrected chi connectivity index (χ0v) is 24.2. The summed E-state index contributed by atoms with van der Waals surface area (Å²) in [6.45, 7) is 7.05. The quantitative estimate of drug-likeness (QED) is 0.282. The lowest BCUT2D eigenvalue weighted by Gasteiger charge is -2.36. The number of esters is 1. The van der Waals surface area contributed by atoms with Gasteiger partial charge in [-0.2, -0.15) is 0 Å². The van der Waals surface area contributed by atoms with Gasteiger partial charge in [-0.15, -0.1) is 0 Å². The number of hydrogen-bond acceptors (Lipinski definition) is 5. The SMILES string of the molecule is COC(=O)[C@@H]1Cc2cc3c(cc2CN1CC(C)C)C[C@H](c1ccc(OCc2ccc(Cl)c(Cl)c2)cc1)CCO3. The molecule has 0 spiro atoms. The van der Waals surface area contributed by atoms with E-state index in [1.807, 2.05) is 24.3 Å². The van der Waals surface area contributed by atoms with Crippen LogP contribution in [0.2, 0.25) is 10.0 Å². The fraction of sp³-hybridized carbons (Fsp3) is 0.406. The second kappa shape index (κ2) is 12.2. The van der Waals surface area contributed by atoms with Crippen LogP contribution in [0.1, 0.15) is 54.0 Å². The molecule has 0 fully saturated rings. The Hall–Kier alpha value is -2.73. The first-order valence-corrected chi connectivity index (χ1v) is 14.3. The van der Waals surface area contributed by atoms with Gasteiger partial charge in [0.1, 0.15) is 24.1 Å². The number of halogens is 2. The van der Waals surface area contributed by atoms with Gasteiger partial charge < -0.3 is 14.2 Å². The number of carbonyl (C=O) groups is 1. The molecule has 0 bridgehead atoms. The Balaban J connectivity index is 1.29. The van der Waals surface area contributed by atoms with E-state index in [2.05, 4.69) is 43.0 Å². The van der Waals surface area contributed by atoms with Gasteiger partial charge in [0.25, 0.3) is 0 Å². The first-order valence-electron chi connectivity index (χ1n) is 13.6. The number of rotatable bonds is 7. The summed E-state index contributed by atoms with van der Waals surface area (Å²) in [6, 6.07) is 18.1. The van der Waals surface area contributed by atoms with Crippen molar-refractivity contribution in [3.63, 3.8) is 0 Å². The number of fused-ring (bicyclic) bond motifs is 2. The van der Waals surface area contributed by atoms with E-state index in [1.54, 1.807) is 6.07 Å². The molecule has 3 aromatic carbocycles. The number of nitrogens with zero attached hydrogens (tertiary/aromatic N) is 1. The van der Waals surface area contributed by atoms with Gasteiger partial charge in [0.05, 0.1) is 23.8 Å². The van der Waals surface area contributed by atoms with E-state index >= 15 is 0 Å². The lowest BCUT2D eigenvalue weighted by molar-refractivity contribution is -0.147. The Labute approximate surface area is 241 Å². The van der Waals surface area contributed by atoms with Crippen LogP contribution >= 0.6 is 23.2 Å². The van der Waals surface area contributed by atoms with Gasteiger partial charge in [-0.1, -0.05) is 61.3 Å². The van der Waals surface area contributed by atoms with Crippen molar-refractivity contribution in [3.05, 3.63) is 92.5 Å². The van der Waals surface area contributed by atoms with Crippen LogP contribution in [-0.2, 0) is 35.5 Å². The summed E-state index contributed by atoms with van der Waals surface area (Å²) in [6.07, 6.45) is 2.50. The topological polar surface area (TPSA) is 48.0 Å². The second-order valence-electron chi connectivity index (χ2n) is 10.9. The molecule has 7 heteroatoms. The van der Waals surface area contributed by atoms with Crippen LogP contribution in [0, 0.1) is 5.92 Å². The molecule has 0 saturated heterocycles. The summed E-state index contributed by atoms with van der Waals surface area (Å²) in [5.41, 5.74) is 5.95. The fourth-order valence-corrected chi connectivity index (χ4v) is 5.96. The van der Waals surface area contributed by atoms with Crippen LogP contribution in [0.4, 0.5) is 0 Å². The Morgan fingerprint density at radius 3 is 2.51 bits per heavy atom. The average molecular weight is 569 g/mol. The molecule has 0 radical (unpaired) electrons. The van der Waals surface area contributed by atoms with E-state index in [0.29, 0.717) is 41.5 Å². The Morgan fingerprint density at radius 1 is 1.00 bits per heavy atom. The van der Waals surface area contributed by atoms with E-state index in [1.165, 1.54) is 29.4 Å². The third-order valence-corrected chi connectivity index (χ3v) is 8.35. The highest BCUT2D eigenvalue weighted by Gasteiger charge is 2.34. The molecule has 2 aliphatic heterocycles. The lowest BCUT2D eigenvalue weighted by Crippen LogP contribution is -2.47. The van der Waals surface area contributed by atoms with Crippen LogP contribution in [-0.4, -0.2) is 37.2 Å². The molecule has 3 aromatic rings. The minimum atomic E-state index is -0.251. The molecule has 2 atom stereocenters. The van der Waals surface area contributed by atoms with Crippen LogP contribution in [0.15, 0.2) is 54.6 Å².